The molecule has 2 aromatic carbocycles. The standard InChI is InChI=1S/C22H16N6OS/c23-20-18(22(29)25-14-7-2-1-3-8-14)19-21(27-17-11-5-4-10-16(17)26-19)28(20)24-13-15-9-6-12-30-15/h1-13H,23H2,(H,25,29)/b24-13+. The first-order valence-electron chi connectivity index (χ1n) is 9.21. The summed E-state index contributed by atoms with van der Waals surface area (Å²) in [5, 5.41) is 9.32. The molecule has 5 rings (SSSR count). The van der Waals surface area contributed by atoms with Gasteiger partial charge in [0.1, 0.15) is 16.9 Å². The average Bonchev–Trinajstić information content (AvgIpc) is 3.37. The van der Waals surface area contributed by atoms with Gasteiger partial charge in [-0.15, -0.1) is 11.3 Å². The maximum atomic E-state index is 13.1. The molecule has 5 aromatic rings. The number of amides is 1. The van der Waals surface area contributed by atoms with Crippen LogP contribution in [0.1, 0.15) is 15.2 Å². The van der Waals surface area contributed by atoms with Gasteiger partial charge in [0.15, 0.2) is 5.65 Å². The lowest BCUT2D eigenvalue weighted by Crippen LogP contribution is -2.14. The molecule has 146 valence electrons. The van der Waals surface area contributed by atoms with E-state index in [4.69, 9.17) is 5.73 Å². The molecule has 0 aliphatic carbocycles. The minimum atomic E-state index is -0.363. The van der Waals surface area contributed by atoms with E-state index in [1.807, 2.05) is 72.1 Å². The molecule has 0 saturated heterocycles. The van der Waals surface area contributed by atoms with Gasteiger partial charge in [-0.3, -0.25) is 4.79 Å². The van der Waals surface area contributed by atoms with Gasteiger partial charge in [0, 0.05) is 10.6 Å². The summed E-state index contributed by atoms with van der Waals surface area (Å²) in [6.07, 6.45) is 1.69. The van der Waals surface area contributed by atoms with E-state index in [2.05, 4.69) is 20.4 Å². The van der Waals surface area contributed by atoms with Gasteiger partial charge in [-0.25, -0.2) is 9.97 Å². The highest BCUT2D eigenvalue weighted by atomic mass is 32.1. The van der Waals surface area contributed by atoms with E-state index in [1.54, 1.807) is 17.6 Å². The largest absolute Gasteiger partial charge is 0.383 e. The van der Waals surface area contributed by atoms with Crippen molar-refractivity contribution in [3.05, 3.63) is 82.6 Å². The molecule has 0 spiro atoms. The molecule has 0 saturated carbocycles. The second kappa shape index (κ2) is 7.41. The third-order valence-corrected chi connectivity index (χ3v) is 5.38. The summed E-state index contributed by atoms with van der Waals surface area (Å²) in [6.45, 7) is 0. The predicted molar refractivity (Wildman–Crippen MR) is 121 cm³/mol. The van der Waals surface area contributed by atoms with Crippen LogP contribution in [-0.4, -0.2) is 26.8 Å². The number of fused-ring (bicyclic) bond motifs is 2. The van der Waals surface area contributed by atoms with Gasteiger partial charge >= 0.3 is 0 Å². The first-order valence-corrected chi connectivity index (χ1v) is 10.1. The van der Waals surface area contributed by atoms with Crippen molar-refractivity contribution in [1.82, 2.24) is 14.6 Å². The minimum Gasteiger partial charge on any atom is -0.383 e. The zero-order valence-electron chi connectivity index (χ0n) is 15.7. The summed E-state index contributed by atoms with van der Waals surface area (Å²) >= 11 is 1.55. The third kappa shape index (κ3) is 3.19. The van der Waals surface area contributed by atoms with Crippen molar-refractivity contribution in [3.8, 4) is 0 Å². The first-order chi connectivity index (χ1) is 14.7. The van der Waals surface area contributed by atoms with E-state index >= 15 is 0 Å². The maximum absolute atomic E-state index is 13.1. The second-order valence-electron chi connectivity index (χ2n) is 6.54. The van der Waals surface area contributed by atoms with Crippen LogP contribution in [-0.2, 0) is 0 Å². The molecule has 1 amide bonds. The van der Waals surface area contributed by atoms with Crippen molar-refractivity contribution < 1.29 is 4.79 Å². The van der Waals surface area contributed by atoms with Crippen molar-refractivity contribution in [1.29, 1.82) is 0 Å². The van der Waals surface area contributed by atoms with Crippen LogP contribution in [0.5, 0.6) is 0 Å². The Morgan fingerprint density at radius 2 is 1.73 bits per heavy atom. The Kier molecular flexibility index (Phi) is 4.45. The van der Waals surface area contributed by atoms with E-state index in [0.717, 1.165) is 4.88 Å². The zero-order valence-corrected chi connectivity index (χ0v) is 16.5. The first kappa shape index (κ1) is 18.0. The summed E-state index contributed by atoms with van der Waals surface area (Å²) in [5.41, 5.74) is 9.51. The lowest BCUT2D eigenvalue weighted by Gasteiger charge is -2.05. The number of para-hydroxylation sites is 3. The highest BCUT2D eigenvalue weighted by molar-refractivity contribution is 7.11. The quantitative estimate of drug-likeness (QED) is 0.429. The van der Waals surface area contributed by atoms with Crippen LogP contribution in [0.25, 0.3) is 22.2 Å². The van der Waals surface area contributed by atoms with Crippen LogP contribution < -0.4 is 11.1 Å². The number of nitrogens with one attached hydrogen (secondary N) is 1. The van der Waals surface area contributed by atoms with Crippen LogP contribution in [0.15, 0.2) is 77.2 Å². The van der Waals surface area contributed by atoms with Crippen LogP contribution in [0.3, 0.4) is 0 Å². The molecule has 0 aliphatic heterocycles. The summed E-state index contributed by atoms with van der Waals surface area (Å²) < 4.78 is 1.47. The number of thiophene rings is 1. The van der Waals surface area contributed by atoms with Crippen LogP contribution in [0.2, 0.25) is 0 Å². The number of hydrogen-bond acceptors (Lipinski definition) is 6. The van der Waals surface area contributed by atoms with Crippen molar-refractivity contribution in [2.75, 3.05) is 11.1 Å². The number of carbonyl (C=O) groups excluding carboxylic acids is 1. The fourth-order valence-electron chi connectivity index (χ4n) is 3.18. The Hall–Kier alpha value is -4.04. The molecule has 3 heterocycles. The Bertz CT molecular complexity index is 1390. The Labute approximate surface area is 175 Å². The van der Waals surface area contributed by atoms with Gasteiger partial charge in [0.05, 0.1) is 17.2 Å². The van der Waals surface area contributed by atoms with Gasteiger partial charge in [-0.05, 0) is 35.7 Å². The normalized spacial score (nSPS) is 11.5. The smallest absolute Gasteiger partial charge is 0.261 e. The van der Waals surface area contributed by atoms with Gasteiger partial charge in [0.2, 0.25) is 0 Å². The molecule has 0 radical (unpaired) electrons. The molecular weight excluding hydrogens is 396 g/mol. The van der Waals surface area contributed by atoms with Gasteiger partial charge in [0.25, 0.3) is 5.91 Å². The lowest BCUT2D eigenvalue weighted by molar-refractivity contribution is 0.102. The second-order valence-corrected chi connectivity index (χ2v) is 7.52. The van der Waals surface area contributed by atoms with Crippen molar-refractivity contribution >= 4 is 57.2 Å². The monoisotopic (exact) mass is 412 g/mol. The molecule has 0 atom stereocenters. The molecule has 3 aromatic heterocycles. The maximum Gasteiger partial charge on any atom is 0.261 e. The number of aromatic nitrogens is 3. The summed E-state index contributed by atoms with van der Waals surface area (Å²) in [4.78, 5) is 23.4. The molecule has 0 bridgehead atoms. The van der Waals surface area contributed by atoms with E-state index in [-0.39, 0.29) is 17.3 Å². The third-order valence-electron chi connectivity index (χ3n) is 4.58. The minimum absolute atomic E-state index is 0.182. The molecule has 7 nitrogen and oxygen atoms in total. The van der Waals surface area contributed by atoms with Crippen molar-refractivity contribution in [3.63, 3.8) is 0 Å². The van der Waals surface area contributed by atoms with Gasteiger partial charge in [-0.1, -0.05) is 36.4 Å². The van der Waals surface area contributed by atoms with E-state index in [0.29, 0.717) is 27.9 Å². The fourth-order valence-corrected chi connectivity index (χ4v) is 3.76. The molecule has 8 heteroatoms. The molecule has 0 fully saturated rings. The Morgan fingerprint density at radius 3 is 2.47 bits per heavy atom. The van der Waals surface area contributed by atoms with Crippen LogP contribution >= 0.6 is 11.3 Å². The highest BCUT2D eigenvalue weighted by Gasteiger charge is 2.24. The van der Waals surface area contributed by atoms with Crippen molar-refractivity contribution in [2.24, 2.45) is 5.10 Å². The number of nitrogens with two attached hydrogens (primary N) is 1. The number of benzene rings is 2. The number of hydrogen-bond donors (Lipinski definition) is 2. The zero-order chi connectivity index (χ0) is 20.5. The molecule has 0 aliphatic rings. The molecular formula is C22H16N6OS. The number of carbonyl (C=O) groups is 1. The van der Waals surface area contributed by atoms with E-state index in [9.17, 15) is 4.79 Å². The molecule has 3 N–H and O–H groups in total. The van der Waals surface area contributed by atoms with Crippen LogP contribution in [0.4, 0.5) is 11.5 Å². The van der Waals surface area contributed by atoms with E-state index in [1.165, 1.54) is 4.68 Å². The number of nitrogens with zero attached hydrogens (tertiary/aromatic N) is 4. The van der Waals surface area contributed by atoms with Gasteiger partial charge in [-0.2, -0.15) is 9.78 Å². The van der Waals surface area contributed by atoms with E-state index < -0.39 is 0 Å². The SMILES string of the molecule is Nc1c(C(=O)Nc2ccccc2)c2nc3ccccc3nc2n1/N=C/c1cccs1. The average molecular weight is 412 g/mol. The van der Waals surface area contributed by atoms with Gasteiger partial charge < -0.3 is 11.1 Å². The summed E-state index contributed by atoms with van der Waals surface area (Å²) in [7, 11) is 0. The van der Waals surface area contributed by atoms with Crippen LogP contribution in [0, 0.1) is 0 Å². The summed E-state index contributed by atoms with van der Waals surface area (Å²) in [5.74, 6) is -0.181. The lowest BCUT2D eigenvalue weighted by atomic mass is 10.2. The Balaban J connectivity index is 1.69. The molecule has 0 unspecified atom stereocenters. The van der Waals surface area contributed by atoms with Crippen molar-refractivity contribution in [2.45, 2.75) is 0 Å². The number of rotatable bonds is 4. The predicted octanol–water partition coefficient (Wildman–Crippen LogP) is 4.36. The Morgan fingerprint density at radius 1 is 1.00 bits per heavy atom. The topological polar surface area (TPSA) is 98.2 Å². The molecule has 30 heavy (non-hydrogen) atoms. The highest BCUT2D eigenvalue weighted by Crippen LogP contribution is 2.28. The fraction of sp³-hybridized carbons (Fsp3) is 0. The summed E-state index contributed by atoms with van der Waals surface area (Å²) in [6, 6.07) is 20.6. The number of anilines is 2. The number of nitrogen functional groups attached to an aromatic ring is 1.